The van der Waals surface area contributed by atoms with Crippen LogP contribution in [-0.4, -0.2) is 29.1 Å². The van der Waals surface area contributed by atoms with Crippen molar-refractivity contribution in [2.45, 2.75) is 95.8 Å². The van der Waals surface area contributed by atoms with Gasteiger partial charge in [0.05, 0.1) is 0 Å². The topological polar surface area (TPSA) is 29.3 Å². The average Bonchev–Trinajstić information content (AvgIpc) is 2.27. The Balaban J connectivity index is 1.90. The summed E-state index contributed by atoms with van der Waals surface area (Å²) in [6.07, 6.45) is 12.2. The molecule has 2 fully saturated rings. The fourth-order valence-corrected chi connectivity index (χ4v) is 4.02. The highest BCUT2D eigenvalue weighted by molar-refractivity contribution is 4.95. The maximum atomic E-state index is 6.18. The van der Waals surface area contributed by atoms with Crippen LogP contribution >= 0.6 is 0 Å². The molecule has 0 amide bonds. The van der Waals surface area contributed by atoms with Crippen molar-refractivity contribution >= 4 is 0 Å². The molecule has 2 heterocycles. The standard InChI is InChI=1S/C15H30N2/c1-3-4-5-7-12(2)17-14-8-6-9-15(17)11-13(16)10-14/h12-15H,3-11,16H2,1-2H3. The fourth-order valence-electron chi connectivity index (χ4n) is 4.02. The molecule has 0 aromatic rings. The summed E-state index contributed by atoms with van der Waals surface area (Å²) < 4.78 is 0. The number of nitrogens with two attached hydrogens (primary N) is 1. The van der Waals surface area contributed by atoms with Crippen LogP contribution in [0, 0.1) is 0 Å². The second-order valence-electron chi connectivity index (χ2n) is 6.26. The third-order valence-corrected chi connectivity index (χ3v) is 4.80. The van der Waals surface area contributed by atoms with Gasteiger partial charge in [-0.25, -0.2) is 0 Å². The highest BCUT2D eigenvalue weighted by Crippen LogP contribution is 2.35. The summed E-state index contributed by atoms with van der Waals surface area (Å²) in [5.41, 5.74) is 6.18. The Bertz CT molecular complexity index is 215. The Morgan fingerprint density at radius 2 is 1.82 bits per heavy atom. The summed E-state index contributed by atoms with van der Waals surface area (Å²) in [5, 5.41) is 0. The molecular weight excluding hydrogens is 208 g/mol. The molecule has 100 valence electrons. The highest BCUT2D eigenvalue weighted by atomic mass is 15.2. The molecule has 2 aliphatic heterocycles. The van der Waals surface area contributed by atoms with Crippen molar-refractivity contribution in [1.29, 1.82) is 0 Å². The minimum absolute atomic E-state index is 0.476. The van der Waals surface area contributed by atoms with E-state index in [9.17, 15) is 0 Å². The van der Waals surface area contributed by atoms with Crippen LogP contribution in [0.3, 0.4) is 0 Å². The number of piperidine rings is 2. The first kappa shape index (κ1) is 13.4. The zero-order chi connectivity index (χ0) is 12.3. The van der Waals surface area contributed by atoms with Crippen LogP contribution in [-0.2, 0) is 0 Å². The van der Waals surface area contributed by atoms with Crippen molar-refractivity contribution in [1.82, 2.24) is 4.90 Å². The third-order valence-electron chi connectivity index (χ3n) is 4.80. The molecule has 2 rings (SSSR count). The molecule has 0 aliphatic carbocycles. The molecule has 0 saturated carbocycles. The lowest BCUT2D eigenvalue weighted by atomic mass is 9.80. The number of unbranched alkanes of at least 4 members (excludes halogenated alkanes) is 2. The van der Waals surface area contributed by atoms with Crippen LogP contribution in [0.2, 0.25) is 0 Å². The molecular formula is C15H30N2. The summed E-state index contributed by atoms with van der Waals surface area (Å²) in [6.45, 7) is 4.73. The predicted molar refractivity (Wildman–Crippen MR) is 74.1 cm³/mol. The van der Waals surface area contributed by atoms with Crippen LogP contribution in [0.25, 0.3) is 0 Å². The molecule has 2 nitrogen and oxygen atoms in total. The van der Waals surface area contributed by atoms with E-state index in [1.54, 1.807) is 0 Å². The highest BCUT2D eigenvalue weighted by Gasteiger charge is 2.38. The maximum Gasteiger partial charge on any atom is 0.0116 e. The van der Waals surface area contributed by atoms with Gasteiger partial charge in [0.15, 0.2) is 0 Å². The molecule has 2 aliphatic rings. The fraction of sp³-hybridized carbons (Fsp3) is 1.00. The van der Waals surface area contributed by atoms with Crippen LogP contribution < -0.4 is 5.73 Å². The van der Waals surface area contributed by atoms with Gasteiger partial charge in [-0.15, -0.1) is 0 Å². The SMILES string of the molecule is CCCCCC(C)N1C2CCCC1CC(N)C2. The van der Waals surface area contributed by atoms with Gasteiger partial charge in [0.25, 0.3) is 0 Å². The Labute approximate surface area is 107 Å². The first-order valence-corrected chi connectivity index (χ1v) is 7.75. The number of hydrogen-bond donors (Lipinski definition) is 1. The van der Waals surface area contributed by atoms with Gasteiger partial charge in [0, 0.05) is 24.2 Å². The van der Waals surface area contributed by atoms with Crippen molar-refractivity contribution in [3.8, 4) is 0 Å². The van der Waals surface area contributed by atoms with Crippen LogP contribution in [0.15, 0.2) is 0 Å². The molecule has 2 N–H and O–H groups in total. The number of hydrogen-bond acceptors (Lipinski definition) is 2. The number of fused-ring (bicyclic) bond motifs is 2. The summed E-state index contributed by atoms with van der Waals surface area (Å²) in [5.74, 6) is 0. The van der Waals surface area contributed by atoms with Gasteiger partial charge in [0.1, 0.15) is 0 Å². The van der Waals surface area contributed by atoms with E-state index in [2.05, 4.69) is 18.7 Å². The lowest BCUT2D eigenvalue weighted by Crippen LogP contribution is -2.58. The predicted octanol–water partition coefficient (Wildman–Crippen LogP) is 3.30. The van der Waals surface area contributed by atoms with Gasteiger partial charge in [-0.1, -0.05) is 32.6 Å². The van der Waals surface area contributed by atoms with Gasteiger partial charge in [0.2, 0.25) is 0 Å². The number of rotatable bonds is 5. The minimum atomic E-state index is 0.476. The first-order chi connectivity index (χ1) is 8.22. The molecule has 2 heteroatoms. The van der Waals surface area contributed by atoms with Crippen molar-refractivity contribution < 1.29 is 0 Å². The lowest BCUT2D eigenvalue weighted by molar-refractivity contribution is -0.00280. The maximum absolute atomic E-state index is 6.18. The zero-order valence-corrected chi connectivity index (χ0v) is 11.7. The summed E-state index contributed by atoms with van der Waals surface area (Å²) in [6, 6.07) is 2.86. The second-order valence-corrected chi connectivity index (χ2v) is 6.26. The van der Waals surface area contributed by atoms with E-state index in [1.807, 2.05) is 0 Å². The second kappa shape index (κ2) is 6.19. The molecule has 3 atom stereocenters. The number of nitrogens with zero attached hydrogens (tertiary/aromatic N) is 1. The Hall–Kier alpha value is -0.0800. The van der Waals surface area contributed by atoms with Crippen molar-refractivity contribution in [2.24, 2.45) is 5.73 Å². The average molecular weight is 238 g/mol. The largest absolute Gasteiger partial charge is 0.328 e. The molecule has 0 radical (unpaired) electrons. The monoisotopic (exact) mass is 238 g/mol. The summed E-state index contributed by atoms with van der Waals surface area (Å²) in [7, 11) is 0. The summed E-state index contributed by atoms with van der Waals surface area (Å²) >= 11 is 0. The Kier molecular flexibility index (Phi) is 4.87. The molecule has 2 bridgehead atoms. The van der Waals surface area contributed by atoms with Gasteiger partial charge < -0.3 is 5.73 Å². The smallest absolute Gasteiger partial charge is 0.0116 e. The van der Waals surface area contributed by atoms with E-state index in [4.69, 9.17) is 5.73 Å². The van der Waals surface area contributed by atoms with E-state index in [1.165, 1.54) is 57.8 Å². The van der Waals surface area contributed by atoms with E-state index in [0.29, 0.717) is 6.04 Å². The molecule has 0 aromatic heterocycles. The van der Waals surface area contributed by atoms with Crippen LogP contribution in [0.1, 0.15) is 71.6 Å². The van der Waals surface area contributed by atoms with Crippen molar-refractivity contribution in [3.63, 3.8) is 0 Å². The van der Waals surface area contributed by atoms with Crippen LogP contribution in [0.4, 0.5) is 0 Å². The van der Waals surface area contributed by atoms with Gasteiger partial charge >= 0.3 is 0 Å². The van der Waals surface area contributed by atoms with Gasteiger partial charge in [-0.05, 0) is 39.0 Å². The van der Waals surface area contributed by atoms with Gasteiger partial charge in [-0.3, -0.25) is 4.90 Å². The molecule has 0 aromatic carbocycles. The van der Waals surface area contributed by atoms with E-state index < -0.39 is 0 Å². The van der Waals surface area contributed by atoms with E-state index in [0.717, 1.165) is 18.1 Å². The molecule has 2 saturated heterocycles. The minimum Gasteiger partial charge on any atom is -0.328 e. The molecule has 17 heavy (non-hydrogen) atoms. The van der Waals surface area contributed by atoms with Crippen LogP contribution in [0.5, 0.6) is 0 Å². The Morgan fingerprint density at radius 1 is 1.18 bits per heavy atom. The third kappa shape index (κ3) is 3.23. The van der Waals surface area contributed by atoms with E-state index in [-0.39, 0.29) is 0 Å². The van der Waals surface area contributed by atoms with Gasteiger partial charge in [-0.2, -0.15) is 0 Å². The van der Waals surface area contributed by atoms with E-state index >= 15 is 0 Å². The van der Waals surface area contributed by atoms with Crippen molar-refractivity contribution in [3.05, 3.63) is 0 Å². The molecule has 3 unspecified atom stereocenters. The lowest BCUT2D eigenvalue weighted by Gasteiger charge is -2.51. The quantitative estimate of drug-likeness (QED) is 0.745. The zero-order valence-electron chi connectivity index (χ0n) is 11.7. The molecule has 0 spiro atoms. The Morgan fingerprint density at radius 3 is 2.41 bits per heavy atom. The summed E-state index contributed by atoms with van der Waals surface area (Å²) in [4.78, 5) is 2.84. The normalized spacial score (nSPS) is 35.8. The van der Waals surface area contributed by atoms with Crippen molar-refractivity contribution in [2.75, 3.05) is 0 Å². The first-order valence-electron chi connectivity index (χ1n) is 7.75.